The van der Waals surface area contributed by atoms with Gasteiger partial charge < -0.3 is 9.47 Å². The number of hydrogen-bond acceptors (Lipinski definition) is 4. The fraction of sp³-hybridized carbons (Fsp3) is 0.385. The first-order valence-corrected chi connectivity index (χ1v) is 6.24. The maximum Gasteiger partial charge on any atom is 0.125 e. The predicted octanol–water partition coefficient (Wildman–Crippen LogP) is 2.55. The van der Waals surface area contributed by atoms with Gasteiger partial charge in [0.15, 0.2) is 0 Å². The SMILES string of the molecule is COc1cc(Cl)ccc1C(NN)C1=COCCC1. The molecule has 0 spiro atoms. The van der Waals surface area contributed by atoms with Crippen LogP contribution in [0.4, 0.5) is 0 Å². The number of ether oxygens (including phenoxy) is 2. The second-order valence-electron chi connectivity index (χ2n) is 4.15. The molecule has 1 unspecified atom stereocenters. The van der Waals surface area contributed by atoms with Gasteiger partial charge in [-0.1, -0.05) is 17.7 Å². The van der Waals surface area contributed by atoms with Gasteiger partial charge in [-0.3, -0.25) is 5.84 Å². The summed E-state index contributed by atoms with van der Waals surface area (Å²) in [5, 5.41) is 0.639. The van der Waals surface area contributed by atoms with E-state index in [9.17, 15) is 0 Å². The van der Waals surface area contributed by atoms with Crippen molar-refractivity contribution in [2.75, 3.05) is 13.7 Å². The molecule has 0 saturated heterocycles. The molecule has 5 heteroatoms. The average Bonchev–Trinajstić information content (AvgIpc) is 2.42. The lowest BCUT2D eigenvalue weighted by atomic mass is 9.95. The van der Waals surface area contributed by atoms with Crippen molar-refractivity contribution >= 4 is 11.6 Å². The Hall–Kier alpha value is -1.23. The Morgan fingerprint density at radius 2 is 2.33 bits per heavy atom. The molecular weight excluding hydrogens is 252 g/mol. The molecule has 1 aliphatic heterocycles. The molecule has 0 amide bonds. The standard InChI is InChI=1S/C13H17ClN2O2/c1-17-12-7-10(14)4-5-11(12)13(16-15)9-3-2-6-18-8-9/h4-5,7-8,13,16H,2-3,6,15H2,1H3. The number of halogens is 1. The van der Waals surface area contributed by atoms with Gasteiger partial charge in [0.25, 0.3) is 0 Å². The molecule has 0 bridgehead atoms. The van der Waals surface area contributed by atoms with Gasteiger partial charge >= 0.3 is 0 Å². The minimum absolute atomic E-state index is 0.113. The summed E-state index contributed by atoms with van der Waals surface area (Å²) in [6.07, 6.45) is 3.74. The number of methoxy groups -OCH3 is 1. The summed E-state index contributed by atoms with van der Waals surface area (Å²) in [5.41, 5.74) is 4.89. The molecule has 1 aromatic carbocycles. The van der Waals surface area contributed by atoms with E-state index in [1.807, 2.05) is 12.1 Å². The van der Waals surface area contributed by atoms with E-state index in [-0.39, 0.29) is 6.04 Å². The highest BCUT2D eigenvalue weighted by molar-refractivity contribution is 6.30. The fourth-order valence-electron chi connectivity index (χ4n) is 2.12. The Balaban J connectivity index is 2.34. The number of nitrogens with two attached hydrogens (primary N) is 1. The normalized spacial score (nSPS) is 16.7. The van der Waals surface area contributed by atoms with Crippen LogP contribution in [0.2, 0.25) is 5.02 Å². The van der Waals surface area contributed by atoms with Gasteiger partial charge in [-0.25, -0.2) is 5.43 Å². The fourth-order valence-corrected chi connectivity index (χ4v) is 2.28. The summed E-state index contributed by atoms with van der Waals surface area (Å²) in [4.78, 5) is 0. The van der Waals surface area contributed by atoms with E-state index in [0.717, 1.165) is 36.3 Å². The Labute approximate surface area is 112 Å². The second-order valence-corrected chi connectivity index (χ2v) is 4.59. The lowest BCUT2D eigenvalue weighted by Gasteiger charge is -2.24. The Morgan fingerprint density at radius 3 is 2.94 bits per heavy atom. The molecule has 0 aromatic heterocycles. The molecule has 1 aromatic rings. The van der Waals surface area contributed by atoms with E-state index < -0.39 is 0 Å². The molecular formula is C13H17ClN2O2. The molecule has 0 fully saturated rings. The first-order chi connectivity index (χ1) is 8.76. The monoisotopic (exact) mass is 268 g/mol. The summed E-state index contributed by atoms with van der Waals surface area (Å²) in [6.45, 7) is 0.762. The van der Waals surface area contributed by atoms with Gasteiger partial charge in [0.05, 0.1) is 26.0 Å². The Morgan fingerprint density at radius 1 is 1.50 bits per heavy atom. The molecule has 0 aliphatic carbocycles. The van der Waals surface area contributed by atoms with Crippen LogP contribution in [0.1, 0.15) is 24.4 Å². The van der Waals surface area contributed by atoms with Crippen LogP contribution in [0, 0.1) is 0 Å². The third kappa shape index (κ3) is 2.77. The van der Waals surface area contributed by atoms with Crippen molar-refractivity contribution in [1.29, 1.82) is 0 Å². The lowest BCUT2D eigenvalue weighted by molar-refractivity contribution is 0.219. The molecule has 2 rings (SSSR count). The molecule has 0 radical (unpaired) electrons. The van der Waals surface area contributed by atoms with E-state index in [4.69, 9.17) is 26.9 Å². The largest absolute Gasteiger partial charge is 0.501 e. The van der Waals surface area contributed by atoms with Gasteiger partial charge in [-0.2, -0.15) is 0 Å². The highest BCUT2D eigenvalue weighted by atomic mass is 35.5. The minimum atomic E-state index is -0.113. The third-order valence-electron chi connectivity index (χ3n) is 3.01. The van der Waals surface area contributed by atoms with Crippen molar-refractivity contribution in [3.05, 3.63) is 40.6 Å². The molecule has 0 saturated carbocycles. The number of benzene rings is 1. The summed E-state index contributed by atoms with van der Waals surface area (Å²) in [7, 11) is 1.62. The average molecular weight is 269 g/mol. The third-order valence-corrected chi connectivity index (χ3v) is 3.24. The van der Waals surface area contributed by atoms with Crippen molar-refractivity contribution < 1.29 is 9.47 Å². The molecule has 1 atom stereocenters. The van der Waals surface area contributed by atoms with Crippen LogP contribution in [0.25, 0.3) is 0 Å². The van der Waals surface area contributed by atoms with Gasteiger partial charge in [-0.15, -0.1) is 0 Å². The number of rotatable bonds is 4. The van der Waals surface area contributed by atoms with Crippen LogP contribution in [0.5, 0.6) is 5.75 Å². The second kappa shape index (κ2) is 6.09. The highest BCUT2D eigenvalue weighted by Gasteiger charge is 2.21. The molecule has 18 heavy (non-hydrogen) atoms. The number of nitrogens with one attached hydrogen (secondary N) is 1. The summed E-state index contributed by atoms with van der Waals surface area (Å²) >= 11 is 5.96. The van der Waals surface area contributed by atoms with E-state index in [1.54, 1.807) is 19.4 Å². The van der Waals surface area contributed by atoms with Gasteiger partial charge in [-0.05, 0) is 30.5 Å². The minimum Gasteiger partial charge on any atom is -0.501 e. The van der Waals surface area contributed by atoms with E-state index in [1.165, 1.54) is 0 Å². The molecule has 1 aliphatic rings. The van der Waals surface area contributed by atoms with Crippen LogP contribution in [-0.2, 0) is 4.74 Å². The van der Waals surface area contributed by atoms with E-state index in [2.05, 4.69) is 5.43 Å². The van der Waals surface area contributed by atoms with Gasteiger partial charge in [0.1, 0.15) is 5.75 Å². The van der Waals surface area contributed by atoms with Crippen molar-refractivity contribution in [2.45, 2.75) is 18.9 Å². The topological polar surface area (TPSA) is 56.5 Å². The van der Waals surface area contributed by atoms with E-state index >= 15 is 0 Å². The van der Waals surface area contributed by atoms with Crippen molar-refractivity contribution in [1.82, 2.24) is 5.43 Å². The zero-order valence-corrected chi connectivity index (χ0v) is 11.0. The van der Waals surface area contributed by atoms with Crippen LogP contribution >= 0.6 is 11.6 Å². The van der Waals surface area contributed by atoms with Crippen molar-refractivity contribution in [3.63, 3.8) is 0 Å². The quantitative estimate of drug-likeness (QED) is 0.651. The number of hydrazine groups is 1. The van der Waals surface area contributed by atoms with Crippen molar-refractivity contribution in [2.24, 2.45) is 5.84 Å². The summed E-state index contributed by atoms with van der Waals surface area (Å²) in [5.74, 6) is 6.38. The van der Waals surface area contributed by atoms with Crippen LogP contribution < -0.4 is 16.0 Å². The lowest BCUT2D eigenvalue weighted by Crippen LogP contribution is -2.30. The molecule has 1 heterocycles. The van der Waals surface area contributed by atoms with Gasteiger partial charge in [0.2, 0.25) is 0 Å². The number of hydrogen-bond donors (Lipinski definition) is 2. The maximum absolute atomic E-state index is 5.96. The smallest absolute Gasteiger partial charge is 0.125 e. The molecule has 4 nitrogen and oxygen atoms in total. The summed E-state index contributed by atoms with van der Waals surface area (Å²) in [6, 6.07) is 5.41. The Bertz CT molecular complexity index is 449. The molecule has 3 N–H and O–H groups in total. The maximum atomic E-state index is 5.96. The highest BCUT2D eigenvalue weighted by Crippen LogP contribution is 2.34. The first-order valence-electron chi connectivity index (χ1n) is 5.86. The van der Waals surface area contributed by atoms with Gasteiger partial charge in [0, 0.05) is 10.6 Å². The predicted molar refractivity (Wildman–Crippen MR) is 71.3 cm³/mol. The zero-order chi connectivity index (χ0) is 13.0. The van der Waals surface area contributed by atoms with Crippen LogP contribution in [-0.4, -0.2) is 13.7 Å². The van der Waals surface area contributed by atoms with Crippen molar-refractivity contribution in [3.8, 4) is 5.75 Å². The molecule has 98 valence electrons. The first kappa shape index (κ1) is 13.2. The Kier molecular flexibility index (Phi) is 4.47. The summed E-state index contributed by atoms with van der Waals surface area (Å²) < 4.78 is 10.7. The van der Waals surface area contributed by atoms with Crippen LogP contribution in [0.15, 0.2) is 30.0 Å². The zero-order valence-electron chi connectivity index (χ0n) is 10.3. The van der Waals surface area contributed by atoms with Crippen LogP contribution in [0.3, 0.4) is 0 Å². The van der Waals surface area contributed by atoms with E-state index in [0.29, 0.717) is 5.02 Å².